The van der Waals surface area contributed by atoms with E-state index < -0.39 is 48.1 Å². The second-order valence-corrected chi connectivity index (χ2v) is 11.2. The maximum Gasteiger partial charge on any atom is 0.434 e. The lowest BCUT2D eigenvalue weighted by molar-refractivity contribution is -0.134. The quantitative estimate of drug-likeness (QED) is 0.368. The van der Waals surface area contributed by atoms with Crippen molar-refractivity contribution in [1.29, 1.82) is 0 Å². The molecular formula is C29H32F4N4O4. The van der Waals surface area contributed by atoms with E-state index in [0.29, 0.717) is 28.6 Å². The highest BCUT2D eigenvalue weighted by Crippen LogP contribution is 2.38. The molecule has 0 bridgehead atoms. The molecule has 0 unspecified atom stereocenters. The summed E-state index contributed by atoms with van der Waals surface area (Å²) < 4.78 is 59.6. The molecule has 220 valence electrons. The lowest BCUT2D eigenvalue weighted by Gasteiger charge is -2.27. The van der Waals surface area contributed by atoms with E-state index in [-0.39, 0.29) is 24.4 Å². The van der Waals surface area contributed by atoms with Crippen molar-refractivity contribution in [2.75, 3.05) is 29.4 Å². The summed E-state index contributed by atoms with van der Waals surface area (Å²) in [5.41, 5.74) is -0.249. The number of alkyl halides is 3. The lowest BCUT2D eigenvalue weighted by atomic mass is 10.1. The smallest absolute Gasteiger partial charge is 0.434 e. The highest BCUT2D eigenvalue weighted by Gasteiger charge is 2.42. The summed E-state index contributed by atoms with van der Waals surface area (Å²) in [5.74, 6) is -2.05. The van der Waals surface area contributed by atoms with Gasteiger partial charge in [-0.15, -0.1) is 0 Å². The number of halogens is 4. The number of aliphatic imine (C=N–C) groups is 1. The van der Waals surface area contributed by atoms with E-state index in [4.69, 9.17) is 4.74 Å². The van der Waals surface area contributed by atoms with Crippen molar-refractivity contribution in [3.05, 3.63) is 59.9 Å². The van der Waals surface area contributed by atoms with Crippen LogP contribution in [0.5, 0.6) is 0 Å². The van der Waals surface area contributed by atoms with Gasteiger partial charge in [-0.1, -0.05) is 24.3 Å². The first-order valence-corrected chi connectivity index (χ1v) is 13.3. The largest absolute Gasteiger partial charge is 0.442 e. The Balaban J connectivity index is 1.66. The van der Waals surface area contributed by atoms with Crippen LogP contribution in [0.25, 0.3) is 0 Å². The summed E-state index contributed by atoms with van der Waals surface area (Å²) in [6.07, 6.45) is -4.06. The van der Waals surface area contributed by atoms with Gasteiger partial charge in [0.25, 0.3) is 11.8 Å². The van der Waals surface area contributed by atoms with E-state index in [2.05, 4.69) is 10.3 Å². The molecule has 0 radical (unpaired) electrons. The fourth-order valence-electron chi connectivity index (χ4n) is 4.50. The van der Waals surface area contributed by atoms with Gasteiger partial charge >= 0.3 is 12.3 Å². The Morgan fingerprint density at radius 1 is 1.02 bits per heavy atom. The van der Waals surface area contributed by atoms with E-state index in [1.165, 1.54) is 30.3 Å². The standard InChI is InChI=1S/C29H32F4N4O4/c1-28(2,3)41-27(40)35-21(14-18-10-12-20(30)13-11-18)25(38)34-22-16-36(15-19-8-9-19)23-6-4-5-7-24(23)37(26(22)39)17-29(31,32)33/h4-7,10-13,19,22H,8-9,14-17H2,1-3H3,(H,34,38)/b35-21-/t22-/m1/s1. The fourth-order valence-corrected chi connectivity index (χ4v) is 4.50. The first-order chi connectivity index (χ1) is 19.2. The van der Waals surface area contributed by atoms with Crippen LogP contribution in [0.2, 0.25) is 0 Å². The zero-order valence-electron chi connectivity index (χ0n) is 23.0. The van der Waals surface area contributed by atoms with E-state index in [9.17, 15) is 31.9 Å². The molecule has 4 rings (SSSR count). The van der Waals surface area contributed by atoms with Crippen LogP contribution in [0.15, 0.2) is 53.5 Å². The van der Waals surface area contributed by atoms with Crippen LogP contribution in [0.4, 0.5) is 33.7 Å². The molecule has 1 aliphatic heterocycles. The Morgan fingerprint density at radius 2 is 1.66 bits per heavy atom. The molecule has 3 amide bonds. The number of carbonyl (C=O) groups excluding carboxylic acids is 3. The summed E-state index contributed by atoms with van der Waals surface area (Å²) in [6.45, 7) is 3.73. The number of anilines is 2. The molecule has 2 aromatic carbocycles. The Morgan fingerprint density at radius 3 is 2.24 bits per heavy atom. The van der Waals surface area contributed by atoms with Gasteiger partial charge in [0.2, 0.25) is 0 Å². The van der Waals surface area contributed by atoms with Crippen molar-refractivity contribution in [1.82, 2.24) is 5.32 Å². The SMILES string of the molecule is CC(C)(C)OC(=O)/N=C(/Cc1ccc(F)cc1)C(=O)N[C@@H]1CN(CC2CC2)c2ccccc2N(CC(F)(F)F)C1=O. The number of hydrogen-bond acceptors (Lipinski definition) is 5. The number of ether oxygens (including phenoxy) is 1. The fraction of sp³-hybridized carbons (Fsp3) is 0.448. The molecule has 1 aliphatic carbocycles. The lowest BCUT2D eigenvalue weighted by Crippen LogP contribution is -2.55. The number of benzene rings is 2. The van der Waals surface area contributed by atoms with Crippen LogP contribution in [-0.2, 0) is 20.7 Å². The van der Waals surface area contributed by atoms with Crippen molar-refractivity contribution in [3.63, 3.8) is 0 Å². The summed E-state index contributed by atoms with van der Waals surface area (Å²) in [6, 6.07) is 10.1. The third-order valence-electron chi connectivity index (χ3n) is 6.47. The zero-order chi connectivity index (χ0) is 29.9. The maximum absolute atomic E-state index is 13.6. The van der Waals surface area contributed by atoms with Crippen molar-refractivity contribution in [2.45, 2.75) is 57.9 Å². The highest BCUT2D eigenvalue weighted by atomic mass is 19.4. The van der Waals surface area contributed by atoms with Gasteiger partial charge in [-0.2, -0.15) is 18.2 Å². The number of hydrogen-bond donors (Lipinski definition) is 1. The minimum atomic E-state index is -4.70. The summed E-state index contributed by atoms with van der Waals surface area (Å²) >= 11 is 0. The van der Waals surface area contributed by atoms with Gasteiger partial charge in [0.15, 0.2) is 0 Å². The first kappa shape index (κ1) is 30.0. The average Bonchev–Trinajstić information content (AvgIpc) is 3.70. The van der Waals surface area contributed by atoms with Crippen molar-refractivity contribution >= 4 is 35.0 Å². The Labute approximate surface area is 235 Å². The number of rotatable bonds is 7. The van der Waals surface area contributed by atoms with Gasteiger partial charge in [-0.25, -0.2) is 9.18 Å². The van der Waals surface area contributed by atoms with Crippen molar-refractivity contribution < 1.29 is 36.7 Å². The van der Waals surface area contributed by atoms with Gasteiger partial charge < -0.3 is 15.0 Å². The first-order valence-electron chi connectivity index (χ1n) is 13.3. The monoisotopic (exact) mass is 576 g/mol. The topological polar surface area (TPSA) is 91.3 Å². The number of nitrogens with zero attached hydrogens (tertiary/aromatic N) is 3. The van der Waals surface area contributed by atoms with Gasteiger partial charge in [0, 0.05) is 19.5 Å². The number of para-hydroxylation sites is 2. The van der Waals surface area contributed by atoms with Gasteiger partial charge in [0.1, 0.15) is 29.7 Å². The predicted octanol–water partition coefficient (Wildman–Crippen LogP) is 5.05. The third-order valence-corrected chi connectivity index (χ3v) is 6.47. The molecule has 0 aromatic heterocycles. The number of fused-ring (bicyclic) bond motifs is 1. The Kier molecular flexibility index (Phi) is 8.69. The highest BCUT2D eigenvalue weighted by molar-refractivity contribution is 6.41. The molecule has 0 spiro atoms. The molecule has 12 heteroatoms. The van der Waals surface area contributed by atoms with Crippen LogP contribution < -0.4 is 15.1 Å². The molecular weight excluding hydrogens is 544 g/mol. The molecule has 1 heterocycles. The predicted molar refractivity (Wildman–Crippen MR) is 145 cm³/mol. The summed E-state index contributed by atoms with van der Waals surface area (Å²) in [5, 5.41) is 2.53. The van der Waals surface area contributed by atoms with Crippen LogP contribution >= 0.6 is 0 Å². The van der Waals surface area contributed by atoms with E-state index in [0.717, 1.165) is 12.8 Å². The van der Waals surface area contributed by atoms with Crippen molar-refractivity contribution in [3.8, 4) is 0 Å². The second-order valence-electron chi connectivity index (χ2n) is 11.2. The zero-order valence-corrected chi connectivity index (χ0v) is 23.0. The van der Waals surface area contributed by atoms with Crippen molar-refractivity contribution in [2.24, 2.45) is 10.9 Å². The molecule has 41 heavy (non-hydrogen) atoms. The number of nitrogens with one attached hydrogen (secondary N) is 1. The molecule has 1 saturated carbocycles. The Bertz CT molecular complexity index is 1320. The van der Waals surface area contributed by atoms with E-state index in [1.807, 2.05) is 4.90 Å². The van der Waals surface area contributed by atoms with Crippen LogP contribution in [0, 0.1) is 11.7 Å². The second kappa shape index (κ2) is 11.9. The molecule has 1 N–H and O–H groups in total. The van der Waals surface area contributed by atoms with Gasteiger partial charge in [0.05, 0.1) is 11.4 Å². The molecule has 0 saturated heterocycles. The number of amides is 3. The molecule has 2 aromatic rings. The van der Waals surface area contributed by atoms with Crippen LogP contribution in [0.1, 0.15) is 39.2 Å². The van der Waals surface area contributed by atoms with Gasteiger partial charge in [-0.3, -0.25) is 14.5 Å². The van der Waals surface area contributed by atoms with Crippen LogP contribution in [-0.4, -0.2) is 61.1 Å². The van der Waals surface area contributed by atoms with E-state index in [1.54, 1.807) is 39.0 Å². The van der Waals surface area contributed by atoms with E-state index >= 15 is 0 Å². The molecule has 2 aliphatic rings. The number of carbonyl (C=O) groups is 3. The average molecular weight is 577 g/mol. The normalized spacial score (nSPS) is 18.1. The molecule has 8 nitrogen and oxygen atoms in total. The maximum atomic E-state index is 13.6. The minimum absolute atomic E-state index is 0.0806. The third kappa shape index (κ3) is 8.51. The van der Waals surface area contributed by atoms with Gasteiger partial charge in [-0.05, 0) is 69.4 Å². The summed E-state index contributed by atoms with van der Waals surface area (Å²) in [4.78, 5) is 45.9. The Hall–Kier alpha value is -3.96. The van der Waals surface area contributed by atoms with Crippen LogP contribution in [0.3, 0.4) is 0 Å². The molecule has 1 fully saturated rings. The minimum Gasteiger partial charge on any atom is -0.442 e. The summed E-state index contributed by atoms with van der Waals surface area (Å²) in [7, 11) is 0. The molecule has 1 atom stereocenters.